The Labute approximate surface area is 105 Å². The number of benzene rings is 1. The normalized spacial score (nSPS) is 10.5. The number of ether oxygens (including phenoxy) is 1. The predicted octanol–water partition coefficient (Wildman–Crippen LogP) is 2.61. The van der Waals surface area contributed by atoms with E-state index < -0.39 is 0 Å². The van der Waals surface area contributed by atoms with Crippen LogP contribution in [0.2, 0.25) is 0 Å². The van der Waals surface area contributed by atoms with E-state index in [1.54, 1.807) is 0 Å². The van der Waals surface area contributed by atoms with Crippen molar-refractivity contribution >= 4 is 12.6 Å². The molecule has 0 aliphatic rings. The molecule has 0 aliphatic heterocycles. The van der Waals surface area contributed by atoms with Gasteiger partial charge in [0.1, 0.15) is 5.75 Å². The maximum atomic E-state index is 5.55. The Hall–Kier alpha value is -1.49. The Morgan fingerprint density at radius 3 is 2.88 bits per heavy atom. The van der Waals surface area contributed by atoms with Gasteiger partial charge in [0.2, 0.25) is 5.89 Å². The molecule has 1 heterocycles. The first-order valence-electron chi connectivity index (χ1n) is 5.50. The van der Waals surface area contributed by atoms with Crippen molar-refractivity contribution in [3.8, 4) is 17.2 Å². The van der Waals surface area contributed by atoms with Crippen LogP contribution in [0.4, 0.5) is 0 Å². The quantitative estimate of drug-likeness (QED) is 0.829. The van der Waals surface area contributed by atoms with Crippen LogP contribution < -0.4 is 4.74 Å². The minimum Gasteiger partial charge on any atom is -0.493 e. The number of thiol groups is 1. The zero-order valence-electron chi connectivity index (χ0n) is 9.59. The molecule has 2 rings (SSSR count). The van der Waals surface area contributed by atoms with Crippen LogP contribution >= 0.6 is 12.6 Å². The zero-order valence-corrected chi connectivity index (χ0v) is 10.5. The van der Waals surface area contributed by atoms with Crippen molar-refractivity contribution in [2.24, 2.45) is 0 Å². The van der Waals surface area contributed by atoms with E-state index in [1.165, 1.54) is 0 Å². The molecule has 0 N–H and O–H groups in total. The van der Waals surface area contributed by atoms with Gasteiger partial charge in [-0.1, -0.05) is 12.1 Å². The molecule has 0 atom stereocenters. The smallest absolute Gasteiger partial charge is 0.251 e. The van der Waals surface area contributed by atoms with E-state index in [1.807, 2.05) is 31.2 Å². The van der Waals surface area contributed by atoms with Crippen molar-refractivity contribution in [2.45, 2.75) is 13.3 Å². The molecule has 0 aliphatic carbocycles. The first-order valence-corrected chi connectivity index (χ1v) is 6.13. The monoisotopic (exact) mass is 250 g/mol. The highest BCUT2D eigenvalue weighted by Gasteiger charge is 2.12. The second-order valence-corrected chi connectivity index (χ2v) is 3.85. The van der Waals surface area contributed by atoms with Crippen LogP contribution in [0, 0.1) is 0 Å². The molecule has 0 spiro atoms. The molecule has 0 radical (unpaired) electrons. The van der Waals surface area contributed by atoms with E-state index >= 15 is 0 Å². The molecule has 4 nitrogen and oxygen atoms in total. The summed E-state index contributed by atoms with van der Waals surface area (Å²) in [6, 6.07) is 7.63. The van der Waals surface area contributed by atoms with E-state index in [0.717, 1.165) is 11.3 Å². The molecule has 0 amide bonds. The molecular formula is C12H14N2O2S. The average Bonchev–Trinajstić information content (AvgIpc) is 2.79. The summed E-state index contributed by atoms with van der Waals surface area (Å²) < 4.78 is 11.1. The third kappa shape index (κ3) is 2.79. The number of aryl methyl sites for hydroxylation is 1. The molecule has 0 saturated carbocycles. The van der Waals surface area contributed by atoms with Gasteiger partial charge in [-0.15, -0.1) is 10.2 Å². The van der Waals surface area contributed by atoms with Crippen molar-refractivity contribution in [3.05, 3.63) is 30.2 Å². The van der Waals surface area contributed by atoms with Gasteiger partial charge < -0.3 is 9.15 Å². The fourth-order valence-electron chi connectivity index (χ4n) is 1.48. The minimum atomic E-state index is 0.492. The number of hydrogen-bond donors (Lipinski definition) is 1. The van der Waals surface area contributed by atoms with E-state index in [9.17, 15) is 0 Å². The van der Waals surface area contributed by atoms with Gasteiger partial charge in [0.05, 0.1) is 12.2 Å². The first kappa shape index (κ1) is 12.0. The van der Waals surface area contributed by atoms with Crippen LogP contribution in [0.15, 0.2) is 28.7 Å². The number of rotatable bonds is 5. The molecule has 0 bridgehead atoms. The lowest BCUT2D eigenvalue weighted by Gasteiger charge is -2.05. The number of nitrogens with zero attached hydrogens (tertiary/aromatic N) is 2. The Morgan fingerprint density at radius 2 is 2.12 bits per heavy atom. The van der Waals surface area contributed by atoms with E-state index in [4.69, 9.17) is 9.15 Å². The summed E-state index contributed by atoms with van der Waals surface area (Å²) in [4.78, 5) is 0. The van der Waals surface area contributed by atoms with Gasteiger partial charge in [0.25, 0.3) is 5.89 Å². The molecule has 17 heavy (non-hydrogen) atoms. The van der Waals surface area contributed by atoms with E-state index in [-0.39, 0.29) is 0 Å². The van der Waals surface area contributed by atoms with Crippen LogP contribution in [0.25, 0.3) is 11.5 Å². The molecule has 2 aromatic rings. The molecule has 1 aromatic heterocycles. The van der Waals surface area contributed by atoms with Crippen molar-refractivity contribution in [1.82, 2.24) is 10.2 Å². The highest BCUT2D eigenvalue weighted by Crippen LogP contribution is 2.28. The summed E-state index contributed by atoms with van der Waals surface area (Å²) in [5, 5.41) is 7.98. The standard InChI is InChI=1S/C12H14N2O2S/c1-2-15-10-6-4-3-5-9(10)12-14-13-11(16-12)7-8-17/h3-6,17H,2,7-8H2,1H3. The molecule has 5 heteroatoms. The van der Waals surface area contributed by atoms with E-state index in [2.05, 4.69) is 22.8 Å². The topological polar surface area (TPSA) is 48.2 Å². The SMILES string of the molecule is CCOc1ccccc1-c1nnc(CCS)o1. The Kier molecular flexibility index (Phi) is 4.03. The van der Waals surface area contributed by atoms with Crippen LogP contribution in [-0.2, 0) is 6.42 Å². The lowest BCUT2D eigenvalue weighted by molar-refractivity contribution is 0.340. The number of aromatic nitrogens is 2. The third-order valence-corrected chi connectivity index (χ3v) is 2.43. The lowest BCUT2D eigenvalue weighted by Crippen LogP contribution is -1.93. The van der Waals surface area contributed by atoms with Gasteiger partial charge in [-0.2, -0.15) is 12.6 Å². The summed E-state index contributed by atoms with van der Waals surface area (Å²) >= 11 is 4.13. The first-order chi connectivity index (χ1) is 8.35. The summed E-state index contributed by atoms with van der Waals surface area (Å²) in [5.41, 5.74) is 0.826. The highest BCUT2D eigenvalue weighted by atomic mass is 32.1. The predicted molar refractivity (Wildman–Crippen MR) is 68.5 cm³/mol. The van der Waals surface area contributed by atoms with Crippen molar-refractivity contribution in [1.29, 1.82) is 0 Å². The average molecular weight is 250 g/mol. The van der Waals surface area contributed by atoms with Gasteiger partial charge >= 0.3 is 0 Å². The Balaban J connectivity index is 2.31. The van der Waals surface area contributed by atoms with Crippen molar-refractivity contribution < 1.29 is 9.15 Å². The largest absolute Gasteiger partial charge is 0.493 e. The van der Waals surface area contributed by atoms with Crippen molar-refractivity contribution in [3.63, 3.8) is 0 Å². The molecule has 90 valence electrons. The van der Waals surface area contributed by atoms with Gasteiger partial charge in [0.15, 0.2) is 0 Å². The van der Waals surface area contributed by atoms with Crippen molar-refractivity contribution in [2.75, 3.05) is 12.4 Å². The maximum absolute atomic E-state index is 5.55. The number of hydrogen-bond acceptors (Lipinski definition) is 5. The van der Waals surface area contributed by atoms with Gasteiger partial charge in [-0.25, -0.2) is 0 Å². The molecule has 1 aromatic carbocycles. The Bertz CT molecular complexity index is 485. The van der Waals surface area contributed by atoms with Crippen LogP contribution in [0.5, 0.6) is 5.75 Å². The van der Waals surface area contributed by atoms with Gasteiger partial charge in [0, 0.05) is 6.42 Å². The lowest BCUT2D eigenvalue weighted by atomic mass is 10.2. The highest BCUT2D eigenvalue weighted by molar-refractivity contribution is 7.80. The number of para-hydroxylation sites is 1. The summed E-state index contributed by atoms with van der Waals surface area (Å²) in [6.45, 7) is 2.55. The maximum Gasteiger partial charge on any atom is 0.251 e. The van der Waals surface area contributed by atoms with Gasteiger partial charge in [-0.05, 0) is 24.8 Å². The third-order valence-electron chi connectivity index (χ3n) is 2.21. The fraction of sp³-hybridized carbons (Fsp3) is 0.333. The second kappa shape index (κ2) is 5.72. The van der Waals surface area contributed by atoms with E-state index in [0.29, 0.717) is 30.6 Å². The van der Waals surface area contributed by atoms with Crippen LogP contribution in [0.1, 0.15) is 12.8 Å². The summed E-state index contributed by atoms with van der Waals surface area (Å²) in [6.07, 6.45) is 0.674. The second-order valence-electron chi connectivity index (χ2n) is 3.40. The van der Waals surface area contributed by atoms with Gasteiger partial charge in [-0.3, -0.25) is 0 Å². The molecular weight excluding hydrogens is 236 g/mol. The summed E-state index contributed by atoms with van der Waals surface area (Å²) in [5.74, 6) is 2.54. The van der Waals surface area contributed by atoms with Crippen LogP contribution in [-0.4, -0.2) is 22.6 Å². The molecule has 0 unspecified atom stereocenters. The fourth-order valence-corrected chi connectivity index (χ4v) is 1.68. The van der Waals surface area contributed by atoms with Crippen LogP contribution in [0.3, 0.4) is 0 Å². The zero-order chi connectivity index (χ0) is 12.1. The Morgan fingerprint density at radius 1 is 1.29 bits per heavy atom. The molecule has 0 saturated heterocycles. The minimum absolute atomic E-state index is 0.492. The summed E-state index contributed by atoms with van der Waals surface area (Å²) in [7, 11) is 0. The molecule has 0 fully saturated rings.